The third-order valence-corrected chi connectivity index (χ3v) is 2.37. The molecule has 3 heteroatoms. The van der Waals surface area contributed by atoms with Gasteiger partial charge < -0.3 is 0 Å². The van der Waals surface area contributed by atoms with Gasteiger partial charge in [-0.1, -0.05) is 27.7 Å². The first-order chi connectivity index (χ1) is 6.43. The first-order valence-electron chi connectivity index (χ1n) is 5.21. The highest BCUT2D eigenvalue weighted by molar-refractivity contribution is 5.20. The Morgan fingerprint density at radius 1 is 1.29 bits per heavy atom. The normalized spacial score (nSPS) is 11.6. The van der Waals surface area contributed by atoms with Gasteiger partial charge in [0.15, 0.2) is 0 Å². The van der Waals surface area contributed by atoms with E-state index in [0.717, 1.165) is 17.7 Å². The molecule has 0 aromatic carbocycles. The highest BCUT2D eigenvalue weighted by atomic mass is 16.1. The molecule has 14 heavy (non-hydrogen) atoms. The van der Waals surface area contributed by atoms with Crippen LogP contribution >= 0.6 is 0 Å². The van der Waals surface area contributed by atoms with E-state index < -0.39 is 0 Å². The van der Waals surface area contributed by atoms with E-state index in [2.05, 4.69) is 32.8 Å². The fourth-order valence-corrected chi connectivity index (χ4v) is 1.70. The third-order valence-electron chi connectivity index (χ3n) is 2.37. The van der Waals surface area contributed by atoms with Crippen LogP contribution < -0.4 is 5.56 Å². The van der Waals surface area contributed by atoms with Gasteiger partial charge in [0.1, 0.15) is 0 Å². The van der Waals surface area contributed by atoms with Crippen LogP contribution in [-0.4, -0.2) is 9.78 Å². The summed E-state index contributed by atoms with van der Waals surface area (Å²) in [6, 6.07) is 0. The number of hydrogen-bond donors (Lipinski definition) is 1. The largest absolute Gasteiger partial charge is 0.299 e. The fraction of sp³-hybridized carbons (Fsp3) is 0.727. The second-order valence-electron chi connectivity index (χ2n) is 4.62. The highest BCUT2D eigenvalue weighted by Crippen LogP contribution is 2.16. The van der Waals surface area contributed by atoms with E-state index in [0.29, 0.717) is 11.8 Å². The number of nitrogens with zero attached hydrogens (tertiary/aromatic N) is 1. The Morgan fingerprint density at radius 2 is 1.86 bits per heavy atom. The summed E-state index contributed by atoms with van der Waals surface area (Å²) in [6.45, 7) is 8.48. The van der Waals surface area contributed by atoms with Gasteiger partial charge in [0.05, 0.1) is 0 Å². The van der Waals surface area contributed by atoms with E-state index in [4.69, 9.17) is 0 Å². The Labute approximate surface area is 85.1 Å². The maximum absolute atomic E-state index is 11.8. The molecular weight excluding hydrogens is 176 g/mol. The molecular formula is C11H20N2O. The molecule has 0 amide bonds. The molecule has 0 bridgehead atoms. The van der Waals surface area contributed by atoms with Crippen molar-refractivity contribution in [1.29, 1.82) is 0 Å². The van der Waals surface area contributed by atoms with Crippen LogP contribution in [0.4, 0.5) is 0 Å². The lowest BCUT2D eigenvalue weighted by atomic mass is 9.98. The smallest absolute Gasteiger partial charge is 0.269 e. The standard InChI is InChI=1S/C11H20N2O/c1-7(2)6-9-10(8(3)4)12-13(5)11(9)14/h7-8,12H,6H2,1-5H3. The van der Waals surface area contributed by atoms with Gasteiger partial charge in [-0.2, -0.15) is 0 Å². The van der Waals surface area contributed by atoms with Crippen LogP contribution in [0.1, 0.15) is 44.9 Å². The number of aromatic nitrogens is 2. The first kappa shape index (κ1) is 11.1. The SMILES string of the molecule is CC(C)Cc1c(C(C)C)[nH]n(C)c1=O. The van der Waals surface area contributed by atoms with E-state index in [1.54, 1.807) is 11.7 Å². The van der Waals surface area contributed by atoms with Crippen molar-refractivity contribution in [2.45, 2.75) is 40.0 Å². The van der Waals surface area contributed by atoms with E-state index >= 15 is 0 Å². The van der Waals surface area contributed by atoms with Crippen LogP contribution in [0.15, 0.2) is 4.79 Å². The molecule has 0 unspecified atom stereocenters. The lowest BCUT2D eigenvalue weighted by molar-refractivity contribution is 0.635. The topological polar surface area (TPSA) is 37.8 Å². The van der Waals surface area contributed by atoms with Gasteiger partial charge in [0.25, 0.3) is 5.56 Å². The van der Waals surface area contributed by atoms with Crippen LogP contribution in [0, 0.1) is 5.92 Å². The molecule has 0 fully saturated rings. The number of aryl methyl sites for hydroxylation is 1. The molecule has 1 aromatic rings. The fourth-order valence-electron chi connectivity index (χ4n) is 1.70. The van der Waals surface area contributed by atoms with Gasteiger partial charge in [-0.25, -0.2) is 0 Å². The van der Waals surface area contributed by atoms with Crippen LogP contribution in [0.25, 0.3) is 0 Å². The summed E-state index contributed by atoms with van der Waals surface area (Å²) >= 11 is 0. The van der Waals surface area contributed by atoms with Crippen molar-refractivity contribution in [1.82, 2.24) is 9.78 Å². The molecule has 0 atom stereocenters. The van der Waals surface area contributed by atoms with Gasteiger partial charge >= 0.3 is 0 Å². The molecule has 1 heterocycles. The Kier molecular flexibility index (Phi) is 3.19. The first-order valence-corrected chi connectivity index (χ1v) is 5.21. The van der Waals surface area contributed by atoms with E-state index in [9.17, 15) is 4.79 Å². The summed E-state index contributed by atoms with van der Waals surface area (Å²) in [5.74, 6) is 0.911. The molecule has 3 nitrogen and oxygen atoms in total. The van der Waals surface area contributed by atoms with Crippen molar-refractivity contribution < 1.29 is 0 Å². The molecule has 1 N–H and O–H groups in total. The van der Waals surface area contributed by atoms with Crippen molar-refractivity contribution in [3.05, 3.63) is 21.6 Å². The van der Waals surface area contributed by atoms with Gasteiger partial charge in [0.2, 0.25) is 0 Å². The molecule has 0 saturated heterocycles. The second-order valence-corrected chi connectivity index (χ2v) is 4.62. The summed E-state index contributed by atoms with van der Waals surface area (Å²) < 4.78 is 1.58. The van der Waals surface area contributed by atoms with Crippen molar-refractivity contribution in [2.75, 3.05) is 0 Å². The van der Waals surface area contributed by atoms with Gasteiger partial charge in [-0.15, -0.1) is 0 Å². The summed E-state index contributed by atoms with van der Waals surface area (Å²) in [7, 11) is 1.78. The summed E-state index contributed by atoms with van der Waals surface area (Å²) in [5.41, 5.74) is 2.17. The predicted octanol–water partition coefficient (Wildman–Crippen LogP) is 2.04. The average Bonchev–Trinajstić information content (AvgIpc) is 2.32. The zero-order valence-electron chi connectivity index (χ0n) is 9.72. The summed E-state index contributed by atoms with van der Waals surface area (Å²) in [6.07, 6.45) is 0.865. The number of hydrogen-bond acceptors (Lipinski definition) is 1. The van der Waals surface area contributed by atoms with Gasteiger partial charge in [-0.05, 0) is 18.3 Å². The van der Waals surface area contributed by atoms with Crippen LogP contribution in [0.3, 0.4) is 0 Å². The zero-order valence-corrected chi connectivity index (χ0v) is 9.72. The average molecular weight is 196 g/mol. The number of aromatic amines is 1. The monoisotopic (exact) mass is 196 g/mol. The highest BCUT2D eigenvalue weighted by Gasteiger charge is 2.15. The maximum atomic E-state index is 11.8. The van der Waals surface area contributed by atoms with Crippen LogP contribution in [0.2, 0.25) is 0 Å². The van der Waals surface area contributed by atoms with Crippen LogP contribution in [0.5, 0.6) is 0 Å². The van der Waals surface area contributed by atoms with Gasteiger partial charge in [0, 0.05) is 18.3 Å². The van der Waals surface area contributed by atoms with Crippen molar-refractivity contribution in [2.24, 2.45) is 13.0 Å². The maximum Gasteiger partial charge on any atom is 0.269 e. The minimum Gasteiger partial charge on any atom is -0.299 e. The molecule has 0 saturated carbocycles. The Morgan fingerprint density at radius 3 is 2.29 bits per heavy atom. The molecule has 0 aliphatic carbocycles. The van der Waals surface area contributed by atoms with Crippen molar-refractivity contribution >= 4 is 0 Å². The van der Waals surface area contributed by atoms with E-state index in [1.165, 1.54) is 0 Å². The number of nitrogens with one attached hydrogen (secondary N) is 1. The molecule has 0 aliphatic rings. The van der Waals surface area contributed by atoms with E-state index in [1.807, 2.05) is 0 Å². The molecule has 0 aliphatic heterocycles. The van der Waals surface area contributed by atoms with Gasteiger partial charge in [-0.3, -0.25) is 14.6 Å². The minimum atomic E-state index is 0.127. The lowest BCUT2D eigenvalue weighted by Crippen LogP contribution is -2.16. The summed E-state index contributed by atoms with van der Waals surface area (Å²) in [5, 5.41) is 3.12. The number of rotatable bonds is 3. The summed E-state index contributed by atoms with van der Waals surface area (Å²) in [4.78, 5) is 11.8. The zero-order chi connectivity index (χ0) is 10.9. The van der Waals surface area contributed by atoms with Crippen LogP contribution in [-0.2, 0) is 13.5 Å². The Hall–Kier alpha value is -0.990. The second kappa shape index (κ2) is 4.03. The molecule has 0 radical (unpaired) electrons. The number of H-pyrrole nitrogens is 1. The predicted molar refractivity (Wildman–Crippen MR) is 58.7 cm³/mol. The van der Waals surface area contributed by atoms with E-state index in [-0.39, 0.29) is 5.56 Å². The third kappa shape index (κ3) is 2.08. The Bertz CT molecular complexity index is 358. The lowest BCUT2D eigenvalue weighted by Gasteiger charge is -2.06. The Balaban J connectivity index is 3.17. The minimum absolute atomic E-state index is 0.127. The molecule has 1 aromatic heterocycles. The quantitative estimate of drug-likeness (QED) is 0.789. The molecule has 80 valence electrons. The van der Waals surface area contributed by atoms with Crippen molar-refractivity contribution in [3.63, 3.8) is 0 Å². The molecule has 0 spiro atoms. The molecule has 1 rings (SSSR count). The van der Waals surface area contributed by atoms with Crippen molar-refractivity contribution in [3.8, 4) is 0 Å².